The predicted molar refractivity (Wildman–Crippen MR) is 87.8 cm³/mol. The highest BCUT2D eigenvalue weighted by Gasteiger charge is 2.40. The van der Waals surface area contributed by atoms with Crippen LogP contribution in [0.3, 0.4) is 0 Å². The Labute approximate surface area is 142 Å². The van der Waals surface area contributed by atoms with Crippen LogP contribution in [-0.2, 0) is 20.6 Å². The van der Waals surface area contributed by atoms with Crippen LogP contribution in [0.15, 0.2) is 12.1 Å². The fourth-order valence-corrected chi connectivity index (χ4v) is 3.93. The molecule has 0 amide bonds. The largest absolute Gasteiger partial charge is 0.465 e. The molecule has 0 aromatic heterocycles. The van der Waals surface area contributed by atoms with E-state index < -0.39 is 0 Å². The van der Waals surface area contributed by atoms with Crippen molar-refractivity contribution in [3.05, 3.63) is 33.8 Å². The van der Waals surface area contributed by atoms with Crippen molar-refractivity contribution in [1.82, 2.24) is 0 Å². The molecule has 2 aliphatic rings. The Morgan fingerprint density at radius 1 is 1.30 bits per heavy atom. The number of hydrogen-bond acceptors (Lipinski definition) is 4. The second-order valence-electron chi connectivity index (χ2n) is 6.48. The molecule has 1 aromatic rings. The molecule has 0 N–H and O–H groups in total. The third-order valence-corrected chi connectivity index (χ3v) is 5.29. The van der Waals surface area contributed by atoms with Gasteiger partial charge in [-0.1, -0.05) is 11.6 Å². The van der Waals surface area contributed by atoms with Crippen LogP contribution in [-0.4, -0.2) is 32.1 Å². The molecule has 1 saturated heterocycles. The smallest absolute Gasteiger partial charge is 0.338 e. The fraction of sp³-hybridized carbons (Fsp3) is 0.611. The fourth-order valence-electron chi connectivity index (χ4n) is 3.69. The van der Waals surface area contributed by atoms with Crippen LogP contribution < -0.4 is 0 Å². The van der Waals surface area contributed by atoms with Crippen molar-refractivity contribution in [3.8, 4) is 0 Å². The SMILES string of the molecule is COC(=O)c1cc(Cl)cc(CC2CCC3(CC2)OCCO3)c1C. The first kappa shape index (κ1) is 16.7. The van der Waals surface area contributed by atoms with E-state index in [0.717, 1.165) is 43.2 Å². The van der Waals surface area contributed by atoms with Crippen molar-refractivity contribution in [1.29, 1.82) is 0 Å². The van der Waals surface area contributed by atoms with Crippen LogP contribution in [0.4, 0.5) is 0 Å². The molecule has 0 unspecified atom stereocenters. The number of esters is 1. The van der Waals surface area contributed by atoms with E-state index >= 15 is 0 Å². The summed E-state index contributed by atoms with van der Waals surface area (Å²) in [4.78, 5) is 11.9. The van der Waals surface area contributed by atoms with Gasteiger partial charge in [0.1, 0.15) is 0 Å². The number of benzene rings is 1. The molecule has 23 heavy (non-hydrogen) atoms. The van der Waals surface area contributed by atoms with Crippen LogP contribution in [0.25, 0.3) is 0 Å². The maximum Gasteiger partial charge on any atom is 0.338 e. The van der Waals surface area contributed by atoms with Crippen molar-refractivity contribution in [3.63, 3.8) is 0 Å². The van der Waals surface area contributed by atoms with Gasteiger partial charge in [0.15, 0.2) is 5.79 Å². The van der Waals surface area contributed by atoms with Gasteiger partial charge in [-0.15, -0.1) is 0 Å². The van der Waals surface area contributed by atoms with E-state index in [2.05, 4.69) is 0 Å². The molecule has 0 atom stereocenters. The van der Waals surface area contributed by atoms with Gasteiger partial charge in [-0.2, -0.15) is 0 Å². The number of methoxy groups -OCH3 is 1. The van der Waals surface area contributed by atoms with Gasteiger partial charge in [0.05, 0.1) is 25.9 Å². The first-order valence-corrected chi connectivity index (χ1v) is 8.56. The van der Waals surface area contributed by atoms with Crippen molar-refractivity contribution >= 4 is 17.6 Å². The molecule has 1 aliphatic carbocycles. The lowest BCUT2D eigenvalue weighted by Gasteiger charge is -2.35. The molecule has 3 rings (SSSR count). The predicted octanol–water partition coefficient (Wildman–Crippen LogP) is 3.91. The van der Waals surface area contributed by atoms with Gasteiger partial charge in [-0.05, 0) is 55.4 Å². The van der Waals surface area contributed by atoms with Gasteiger partial charge in [0.25, 0.3) is 0 Å². The normalized spacial score (nSPS) is 20.8. The molecule has 1 heterocycles. The van der Waals surface area contributed by atoms with Crippen LogP contribution >= 0.6 is 11.6 Å². The first-order chi connectivity index (χ1) is 11.0. The number of ether oxygens (including phenoxy) is 3. The minimum Gasteiger partial charge on any atom is -0.465 e. The van der Waals surface area contributed by atoms with Gasteiger partial charge in [-0.25, -0.2) is 4.79 Å². The third-order valence-electron chi connectivity index (χ3n) is 5.07. The summed E-state index contributed by atoms with van der Waals surface area (Å²) in [6.45, 7) is 3.38. The van der Waals surface area contributed by atoms with Crippen molar-refractivity contribution in [2.24, 2.45) is 5.92 Å². The number of halogens is 1. The number of carbonyl (C=O) groups excluding carboxylic acids is 1. The van der Waals surface area contributed by atoms with Crippen molar-refractivity contribution < 1.29 is 19.0 Å². The van der Waals surface area contributed by atoms with E-state index in [1.165, 1.54) is 7.11 Å². The Morgan fingerprint density at radius 3 is 2.57 bits per heavy atom. The Balaban J connectivity index is 1.71. The summed E-state index contributed by atoms with van der Waals surface area (Å²) >= 11 is 6.19. The van der Waals surface area contributed by atoms with E-state index in [4.69, 9.17) is 25.8 Å². The van der Waals surface area contributed by atoms with Gasteiger partial charge < -0.3 is 14.2 Å². The Bertz CT molecular complexity index is 583. The van der Waals surface area contributed by atoms with Gasteiger partial charge in [0.2, 0.25) is 0 Å². The maximum atomic E-state index is 11.9. The minimum absolute atomic E-state index is 0.322. The van der Waals surface area contributed by atoms with E-state index in [9.17, 15) is 4.79 Å². The Hall–Kier alpha value is -1.10. The monoisotopic (exact) mass is 338 g/mol. The summed E-state index contributed by atoms with van der Waals surface area (Å²) in [5.41, 5.74) is 2.66. The van der Waals surface area contributed by atoms with Gasteiger partial charge in [-0.3, -0.25) is 0 Å². The first-order valence-electron chi connectivity index (χ1n) is 8.18. The molecular formula is C18H23ClO4. The number of hydrogen-bond donors (Lipinski definition) is 0. The average Bonchev–Trinajstić information content (AvgIpc) is 3.00. The second kappa shape index (κ2) is 6.80. The quantitative estimate of drug-likeness (QED) is 0.784. The highest BCUT2D eigenvalue weighted by molar-refractivity contribution is 6.31. The lowest BCUT2D eigenvalue weighted by molar-refractivity contribution is -0.182. The summed E-state index contributed by atoms with van der Waals surface area (Å²) in [5, 5.41) is 0.584. The zero-order chi connectivity index (χ0) is 16.4. The van der Waals surface area contributed by atoms with Crippen molar-refractivity contribution in [2.75, 3.05) is 20.3 Å². The summed E-state index contributed by atoms with van der Waals surface area (Å²) in [5.74, 6) is -0.0884. The van der Waals surface area contributed by atoms with Crippen LogP contribution in [0.1, 0.15) is 47.2 Å². The van der Waals surface area contributed by atoms with Crippen molar-refractivity contribution in [2.45, 2.75) is 44.8 Å². The average molecular weight is 339 g/mol. The Kier molecular flexibility index (Phi) is 4.95. The molecule has 1 aliphatic heterocycles. The van der Waals surface area contributed by atoms with Crippen LogP contribution in [0.5, 0.6) is 0 Å². The summed E-state index contributed by atoms with van der Waals surface area (Å²) in [6, 6.07) is 3.65. The number of carbonyl (C=O) groups is 1. The molecule has 1 spiro atoms. The molecule has 1 saturated carbocycles. The topological polar surface area (TPSA) is 44.8 Å². The molecular weight excluding hydrogens is 316 g/mol. The van der Waals surface area contributed by atoms with Crippen LogP contribution in [0.2, 0.25) is 5.02 Å². The van der Waals surface area contributed by atoms with E-state index in [0.29, 0.717) is 29.7 Å². The standard InChI is InChI=1S/C18H23ClO4/c1-12-14(10-15(19)11-16(12)17(20)21-2)9-13-3-5-18(6-4-13)22-7-8-23-18/h10-11,13H,3-9H2,1-2H3. The molecule has 2 fully saturated rings. The molecule has 0 radical (unpaired) electrons. The molecule has 126 valence electrons. The maximum absolute atomic E-state index is 11.9. The van der Waals surface area contributed by atoms with E-state index in [1.54, 1.807) is 6.07 Å². The zero-order valence-corrected chi connectivity index (χ0v) is 14.4. The highest BCUT2D eigenvalue weighted by Crippen LogP contribution is 2.40. The van der Waals surface area contributed by atoms with Gasteiger partial charge in [0, 0.05) is 17.9 Å². The molecule has 4 nitrogen and oxygen atoms in total. The van der Waals surface area contributed by atoms with E-state index in [1.807, 2.05) is 13.0 Å². The third kappa shape index (κ3) is 3.54. The summed E-state index contributed by atoms with van der Waals surface area (Å²) in [6.07, 6.45) is 4.95. The summed E-state index contributed by atoms with van der Waals surface area (Å²) < 4.78 is 16.4. The molecule has 5 heteroatoms. The molecule has 1 aromatic carbocycles. The van der Waals surface area contributed by atoms with Gasteiger partial charge >= 0.3 is 5.97 Å². The summed E-state index contributed by atoms with van der Waals surface area (Å²) in [7, 11) is 1.39. The van der Waals surface area contributed by atoms with E-state index in [-0.39, 0.29) is 11.8 Å². The zero-order valence-electron chi connectivity index (χ0n) is 13.7. The Morgan fingerprint density at radius 2 is 1.96 bits per heavy atom. The highest BCUT2D eigenvalue weighted by atomic mass is 35.5. The van der Waals surface area contributed by atoms with Crippen LogP contribution in [0, 0.1) is 12.8 Å². The minimum atomic E-state index is -0.332. The molecule has 0 bridgehead atoms. The lowest BCUT2D eigenvalue weighted by atomic mass is 9.80. The lowest BCUT2D eigenvalue weighted by Crippen LogP contribution is -2.35. The number of rotatable bonds is 3. The second-order valence-corrected chi connectivity index (χ2v) is 6.92.